The highest BCUT2D eigenvalue weighted by Crippen LogP contribution is 2.25. The number of aromatic hydroxyl groups is 2. The first-order valence-electron chi connectivity index (χ1n) is 9.55. The van der Waals surface area contributed by atoms with Crippen molar-refractivity contribution in [1.29, 1.82) is 0 Å². The molecule has 1 heterocycles. The lowest BCUT2D eigenvalue weighted by molar-refractivity contribution is -0.145. The fourth-order valence-corrected chi connectivity index (χ4v) is 3.23. The molecule has 1 unspecified atom stereocenters. The zero-order chi connectivity index (χ0) is 23.2. The largest absolute Gasteiger partial charge is 0.772 e. The maximum atomic E-state index is 11.9. The van der Waals surface area contributed by atoms with Gasteiger partial charge in [-0.25, -0.2) is 5.43 Å². The fourth-order valence-electron chi connectivity index (χ4n) is 2.85. The van der Waals surface area contributed by atoms with Crippen LogP contribution >= 0.6 is 0 Å². The number of hydrogen-bond acceptors (Lipinski definition) is 8. The average Bonchev–Trinajstić information content (AvgIpc) is 2.71. The lowest BCUT2D eigenvalue weighted by atomic mass is 10.0. The van der Waals surface area contributed by atoms with Gasteiger partial charge >= 0.3 is 0 Å². The van der Waals surface area contributed by atoms with E-state index >= 15 is 0 Å². The van der Waals surface area contributed by atoms with Gasteiger partial charge in [0.15, 0.2) is 11.5 Å². The molecule has 2 rings (SSSR count). The van der Waals surface area contributed by atoms with Gasteiger partial charge in [0.05, 0.1) is 4.75 Å². The molecule has 11 nitrogen and oxygen atoms in total. The highest BCUT2D eigenvalue weighted by atomic mass is 32.2. The Hall–Kier alpha value is -2.99. The van der Waals surface area contributed by atoms with Crippen molar-refractivity contribution in [1.82, 2.24) is 15.6 Å². The Labute approximate surface area is 181 Å². The molecule has 12 heteroatoms. The molecule has 170 valence electrons. The highest BCUT2D eigenvalue weighted by Gasteiger charge is 2.38. The normalized spacial score (nSPS) is 18.9. The van der Waals surface area contributed by atoms with E-state index in [1.54, 1.807) is 0 Å². The van der Waals surface area contributed by atoms with Gasteiger partial charge in [-0.2, -0.15) is 5.10 Å². The number of nitrogens with zero attached hydrogens (tertiary/aromatic N) is 2. The molecule has 0 spiro atoms. The zero-order valence-electron chi connectivity index (χ0n) is 17.2. The second-order valence-electron chi connectivity index (χ2n) is 7.48. The second kappa shape index (κ2) is 10.4. The van der Waals surface area contributed by atoms with E-state index in [4.69, 9.17) is 0 Å². The van der Waals surface area contributed by atoms with Crippen LogP contribution in [0.2, 0.25) is 0 Å². The summed E-state index contributed by atoms with van der Waals surface area (Å²) in [6, 6.07) is 3.62. The van der Waals surface area contributed by atoms with Gasteiger partial charge in [-0.3, -0.25) is 18.6 Å². The molecule has 1 aromatic carbocycles. The number of likely N-dealkylation sites (tertiary alicyclic amines) is 1. The Bertz CT molecular complexity index is 907. The van der Waals surface area contributed by atoms with Crippen molar-refractivity contribution in [3.8, 4) is 11.5 Å². The number of benzene rings is 1. The highest BCUT2D eigenvalue weighted by molar-refractivity contribution is 7.81. The summed E-state index contributed by atoms with van der Waals surface area (Å²) in [7, 11) is 0. The van der Waals surface area contributed by atoms with Crippen LogP contribution in [-0.4, -0.2) is 71.7 Å². The summed E-state index contributed by atoms with van der Waals surface area (Å²) >= 11 is -2.56. The maximum absolute atomic E-state index is 11.9. The first-order chi connectivity index (χ1) is 14.5. The lowest BCUT2D eigenvalue weighted by Crippen LogP contribution is -2.58. The van der Waals surface area contributed by atoms with Crippen LogP contribution in [0.5, 0.6) is 11.5 Å². The van der Waals surface area contributed by atoms with E-state index in [9.17, 15) is 33.4 Å². The lowest BCUT2D eigenvalue weighted by Gasteiger charge is -2.43. The molecule has 31 heavy (non-hydrogen) atoms. The molecule has 0 saturated carbocycles. The van der Waals surface area contributed by atoms with Crippen molar-refractivity contribution >= 4 is 35.0 Å². The average molecular weight is 453 g/mol. The number of hydrazone groups is 1. The number of carbonyl (C=O) groups excluding carboxylic acids is 3. The number of carbonyl (C=O) groups is 3. The number of amides is 3. The van der Waals surface area contributed by atoms with Crippen molar-refractivity contribution in [2.24, 2.45) is 5.10 Å². The Morgan fingerprint density at radius 2 is 2.10 bits per heavy atom. The monoisotopic (exact) mass is 453 g/mol. The van der Waals surface area contributed by atoms with E-state index in [1.165, 1.54) is 24.0 Å². The Morgan fingerprint density at radius 1 is 1.39 bits per heavy atom. The summed E-state index contributed by atoms with van der Waals surface area (Å²) in [5.41, 5.74) is 2.40. The standard InChI is InChI=1S/C19H26N4O7S/c1-12-8-17(27)23(12)11-19(2,31(29)30)10-21-22-16(26)4-3-7-20-18(28)13-5-6-14(24)15(25)9-13/h5-6,9-10,12,24-25H,3-4,7-8,11H2,1-2H3,(H,20,28)(H,22,26)(H,29,30)/p-1/b21-10+/t12-,19+/m1/s1. The molecular formula is C19H25N4O7S-. The minimum Gasteiger partial charge on any atom is -0.772 e. The number of rotatable bonds is 10. The van der Waals surface area contributed by atoms with Crippen LogP contribution in [-0.2, 0) is 20.7 Å². The van der Waals surface area contributed by atoms with E-state index in [2.05, 4.69) is 15.8 Å². The van der Waals surface area contributed by atoms with Crippen molar-refractivity contribution in [2.75, 3.05) is 13.1 Å². The number of phenolic OH excluding ortho intramolecular Hbond substituents is 2. The number of β-lactam (4-membered cyclic amide) rings is 1. The van der Waals surface area contributed by atoms with Crippen LogP contribution in [0.25, 0.3) is 0 Å². The van der Waals surface area contributed by atoms with Crippen molar-refractivity contribution in [2.45, 2.75) is 43.9 Å². The topological polar surface area (TPSA) is 171 Å². The third-order valence-corrected chi connectivity index (χ3v) is 5.81. The molecule has 0 bridgehead atoms. The zero-order valence-corrected chi connectivity index (χ0v) is 18.0. The van der Waals surface area contributed by atoms with Crippen LogP contribution in [0, 0.1) is 0 Å². The second-order valence-corrected chi connectivity index (χ2v) is 8.88. The molecule has 1 aromatic rings. The van der Waals surface area contributed by atoms with E-state index in [-0.39, 0.29) is 42.8 Å². The predicted octanol–water partition coefficient (Wildman–Crippen LogP) is -0.0316. The molecular weight excluding hydrogens is 428 g/mol. The maximum Gasteiger partial charge on any atom is 0.251 e. The number of phenols is 2. The molecule has 3 atom stereocenters. The minimum absolute atomic E-state index is 0.0251. The molecule has 1 fully saturated rings. The molecule has 4 N–H and O–H groups in total. The summed E-state index contributed by atoms with van der Waals surface area (Å²) in [6.45, 7) is 3.34. The number of hydrogen-bond donors (Lipinski definition) is 4. The molecule has 3 amide bonds. The minimum atomic E-state index is -2.56. The SMILES string of the molecule is C[C@@H]1CC(=O)N1C[C@](C)(/C=N/NC(=O)CCCNC(=O)c1ccc(O)c(O)c1)S(=O)[O-]. The van der Waals surface area contributed by atoms with Crippen molar-refractivity contribution in [3.05, 3.63) is 23.8 Å². The van der Waals surface area contributed by atoms with E-state index in [0.717, 1.165) is 12.3 Å². The summed E-state index contributed by atoms with van der Waals surface area (Å²) in [6.07, 6.45) is 1.78. The Morgan fingerprint density at radius 3 is 2.68 bits per heavy atom. The van der Waals surface area contributed by atoms with Crippen LogP contribution in [0.3, 0.4) is 0 Å². The van der Waals surface area contributed by atoms with Gasteiger partial charge < -0.3 is 25.0 Å². The molecule has 0 aromatic heterocycles. The van der Waals surface area contributed by atoms with Crippen molar-refractivity contribution in [3.63, 3.8) is 0 Å². The third-order valence-electron chi connectivity index (χ3n) is 4.82. The van der Waals surface area contributed by atoms with Gasteiger partial charge in [0, 0.05) is 43.8 Å². The third kappa shape index (κ3) is 6.49. The Kier molecular flexibility index (Phi) is 8.11. The summed E-state index contributed by atoms with van der Waals surface area (Å²) in [4.78, 5) is 36.9. The number of nitrogens with one attached hydrogen (secondary N) is 2. The molecule has 0 aliphatic carbocycles. The first-order valence-corrected chi connectivity index (χ1v) is 10.6. The van der Waals surface area contributed by atoms with Gasteiger partial charge in [0.1, 0.15) is 0 Å². The van der Waals surface area contributed by atoms with Gasteiger partial charge in [-0.15, -0.1) is 0 Å². The molecule has 0 radical (unpaired) electrons. The van der Waals surface area contributed by atoms with Crippen LogP contribution in [0.4, 0.5) is 0 Å². The summed E-state index contributed by atoms with van der Waals surface area (Å²) in [5, 5.41) is 24.9. The van der Waals surface area contributed by atoms with Crippen molar-refractivity contribution < 1.29 is 33.4 Å². The van der Waals surface area contributed by atoms with Gasteiger partial charge in [0.2, 0.25) is 11.8 Å². The predicted molar refractivity (Wildman–Crippen MR) is 111 cm³/mol. The molecule has 1 aliphatic heterocycles. The van der Waals surface area contributed by atoms with E-state index in [0.29, 0.717) is 12.8 Å². The van der Waals surface area contributed by atoms with Gasteiger partial charge in [-0.05, 0) is 49.5 Å². The summed E-state index contributed by atoms with van der Waals surface area (Å²) in [5.74, 6) is -1.83. The van der Waals surface area contributed by atoms with E-state index in [1.807, 2.05) is 6.92 Å². The smallest absolute Gasteiger partial charge is 0.251 e. The van der Waals surface area contributed by atoms with Crippen LogP contribution in [0.1, 0.15) is 43.5 Å². The molecule has 1 saturated heterocycles. The van der Waals surface area contributed by atoms with Crippen LogP contribution in [0.15, 0.2) is 23.3 Å². The fraction of sp³-hybridized carbons (Fsp3) is 0.474. The Balaban J connectivity index is 1.75. The summed E-state index contributed by atoms with van der Waals surface area (Å²) < 4.78 is 21.8. The first kappa shape index (κ1) is 24.3. The van der Waals surface area contributed by atoms with Gasteiger partial charge in [0.25, 0.3) is 5.91 Å². The van der Waals surface area contributed by atoms with Gasteiger partial charge in [-0.1, -0.05) is 0 Å². The van der Waals surface area contributed by atoms with E-state index < -0.39 is 33.4 Å². The molecule has 1 aliphatic rings. The quantitative estimate of drug-likeness (QED) is 0.0961. The van der Waals surface area contributed by atoms with Crippen LogP contribution < -0.4 is 10.7 Å².